The van der Waals surface area contributed by atoms with Crippen molar-refractivity contribution in [2.45, 2.75) is 11.3 Å². The highest BCUT2D eigenvalue weighted by Crippen LogP contribution is 2.25. The minimum atomic E-state index is -0.131. The summed E-state index contributed by atoms with van der Waals surface area (Å²) < 4.78 is 2.36. The lowest BCUT2D eigenvalue weighted by atomic mass is 10.4. The number of hydrogen-bond donors (Lipinski definition) is 1. The minimum absolute atomic E-state index is 0.131. The molecule has 1 amide bonds. The van der Waals surface area contributed by atoms with E-state index in [1.165, 1.54) is 23.1 Å². The molecular weight excluding hydrogens is 416 g/mol. The van der Waals surface area contributed by atoms with E-state index in [-0.39, 0.29) is 11.7 Å². The van der Waals surface area contributed by atoms with Crippen LogP contribution in [0.2, 0.25) is 0 Å². The number of nitrogens with zero attached hydrogens (tertiary/aromatic N) is 3. The third-order valence-electron chi connectivity index (χ3n) is 1.90. The van der Waals surface area contributed by atoms with Gasteiger partial charge in [0.05, 0.1) is 10.2 Å². The normalized spacial score (nSPS) is 10.5. The number of thioether (sulfide) groups is 1. The van der Waals surface area contributed by atoms with Crippen LogP contribution >= 0.6 is 55.0 Å². The van der Waals surface area contributed by atoms with Gasteiger partial charge in [0.15, 0.2) is 4.34 Å². The summed E-state index contributed by atoms with van der Waals surface area (Å²) in [5.74, 6) is 0.648. The summed E-state index contributed by atoms with van der Waals surface area (Å²) in [6, 6.07) is 1.82. The molecule has 0 saturated heterocycles. The van der Waals surface area contributed by atoms with Gasteiger partial charge in [0.25, 0.3) is 0 Å². The van der Waals surface area contributed by atoms with Gasteiger partial charge in [-0.3, -0.25) is 4.79 Å². The summed E-state index contributed by atoms with van der Waals surface area (Å²) in [7, 11) is 0. The highest BCUT2D eigenvalue weighted by atomic mass is 79.9. The van der Waals surface area contributed by atoms with Crippen LogP contribution in [-0.2, 0) is 4.79 Å². The standard InChI is InChI=1S/C10H8Br2N4OS2/c1-5-15-16-10(19-5)18-4-8(17)14-9-7(12)2-6(11)3-13-9/h2-3H,4H2,1H3,(H,13,14,17). The number of rotatable bonds is 4. The summed E-state index contributed by atoms with van der Waals surface area (Å²) in [5.41, 5.74) is 0. The molecule has 19 heavy (non-hydrogen) atoms. The number of nitrogens with one attached hydrogen (secondary N) is 1. The SMILES string of the molecule is Cc1nnc(SCC(=O)Nc2ncc(Br)cc2Br)s1. The van der Waals surface area contributed by atoms with Gasteiger partial charge in [-0.15, -0.1) is 10.2 Å². The van der Waals surface area contributed by atoms with Crippen molar-refractivity contribution >= 4 is 66.7 Å². The summed E-state index contributed by atoms with van der Waals surface area (Å²) in [4.78, 5) is 15.9. The fourth-order valence-corrected chi connectivity index (χ4v) is 3.84. The number of halogens is 2. The fraction of sp³-hybridized carbons (Fsp3) is 0.200. The molecule has 0 saturated carbocycles. The Hall–Kier alpha value is -0.510. The molecule has 0 aromatic carbocycles. The molecule has 0 fully saturated rings. The van der Waals surface area contributed by atoms with Crippen LogP contribution in [0.15, 0.2) is 25.5 Å². The highest BCUT2D eigenvalue weighted by molar-refractivity contribution is 9.11. The molecule has 0 spiro atoms. The number of amides is 1. The molecule has 0 aliphatic heterocycles. The minimum Gasteiger partial charge on any atom is -0.309 e. The van der Waals surface area contributed by atoms with Crippen LogP contribution in [0.1, 0.15) is 5.01 Å². The molecule has 0 radical (unpaired) electrons. The lowest BCUT2D eigenvalue weighted by molar-refractivity contribution is -0.113. The molecule has 0 bridgehead atoms. The van der Waals surface area contributed by atoms with Crippen molar-refractivity contribution in [3.8, 4) is 0 Å². The molecule has 0 atom stereocenters. The van der Waals surface area contributed by atoms with Crippen LogP contribution in [0.3, 0.4) is 0 Å². The van der Waals surface area contributed by atoms with Gasteiger partial charge in [-0.05, 0) is 44.8 Å². The Balaban J connectivity index is 1.90. The zero-order chi connectivity index (χ0) is 13.8. The Morgan fingerprint density at radius 3 is 2.89 bits per heavy atom. The fourth-order valence-electron chi connectivity index (χ4n) is 1.14. The maximum absolute atomic E-state index is 11.8. The van der Waals surface area contributed by atoms with E-state index in [0.29, 0.717) is 5.82 Å². The Morgan fingerprint density at radius 1 is 1.47 bits per heavy atom. The van der Waals surface area contributed by atoms with E-state index in [1.54, 1.807) is 6.20 Å². The Morgan fingerprint density at radius 2 is 2.26 bits per heavy atom. The molecule has 5 nitrogen and oxygen atoms in total. The lowest BCUT2D eigenvalue weighted by Crippen LogP contribution is -2.15. The van der Waals surface area contributed by atoms with E-state index in [9.17, 15) is 4.79 Å². The van der Waals surface area contributed by atoms with Crippen molar-refractivity contribution in [1.29, 1.82) is 0 Å². The van der Waals surface area contributed by atoms with Crippen molar-refractivity contribution in [3.63, 3.8) is 0 Å². The van der Waals surface area contributed by atoms with Crippen molar-refractivity contribution in [2.24, 2.45) is 0 Å². The lowest BCUT2D eigenvalue weighted by Gasteiger charge is -2.05. The number of hydrogen-bond acceptors (Lipinski definition) is 6. The quantitative estimate of drug-likeness (QED) is 0.762. The van der Waals surface area contributed by atoms with Gasteiger partial charge in [0, 0.05) is 10.7 Å². The molecule has 2 aromatic rings. The van der Waals surface area contributed by atoms with Gasteiger partial charge in [-0.2, -0.15) is 0 Å². The number of carbonyl (C=O) groups is 1. The second-order valence-electron chi connectivity index (χ2n) is 3.41. The smallest absolute Gasteiger partial charge is 0.236 e. The molecule has 0 aliphatic carbocycles. The molecule has 9 heteroatoms. The van der Waals surface area contributed by atoms with E-state index in [0.717, 1.165) is 18.3 Å². The molecular formula is C10H8Br2N4OS2. The molecule has 100 valence electrons. The third kappa shape index (κ3) is 4.51. The van der Waals surface area contributed by atoms with Crippen LogP contribution in [-0.4, -0.2) is 26.8 Å². The second kappa shape index (κ2) is 6.78. The maximum Gasteiger partial charge on any atom is 0.236 e. The van der Waals surface area contributed by atoms with Gasteiger partial charge < -0.3 is 5.32 Å². The Bertz CT molecular complexity index is 605. The van der Waals surface area contributed by atoms with E-state index in [2.05, 4.69) is 52.4 Å². The number of carbonyl (C=O) groups excluding carboxylic acids is 1. The zero-order valence-electron chi connectivity index (χ0n) is 9.68. The largest absolute Gasteiger partial charge is 0.309 e. The Labute approximate surface area is 134 Å². The van der Waals surface area contributed by atoms with Gasteiger partial charge in [-0.1, -0.05) is 23.1 Å². The van der Waals surface area contributed by atoms with Crippen LogP contribution in [0, 0.1) is 6.92 Å². The third-order valence-corrected chi connectivity index (χ3v) is 4.91. The molecule has 2 rings (SSSR count). The van der Waals surface area contributed by atoms with E-state index in [1.807, 2.05) is 13.0 Å². The van der Waals surface area contributed by atoms with E-state index < -0.39 is 0 Å². The van der Waals surface area contributed by atoms with Crippen molar-refractivity contribution < 1.29 is 4.79 Å². The van der Waals surface area contributed by atoms with Gasteiger partial charge in [-0.25, -0.2) is 4.98 Å². The number of aromatic nitrogens is 3. The van der Waals surface area contributed by atoms with Crippen LogP contribution in [0.25, 0.3) is 0 Å². The van der Waals surface area contributed by atoms with Crippen LogP contribution in [0.5, 0.6) is 0 Å². The first-order valence-corrected chi connectivity index (χ1v) is 8.47. The average Bonchev–Trinajstić information content (AvgIpc) is 2.76. The first-order chi connectivity index (χ1) is 9.04. The first kappa shape index (κ1) is 14.9. The van der Waals surface area contributed by atoms with Crippen molar-refractivity contribution in [2.75, 3.05) is 11.1 Å². The van der Waals surface area contributed by atoms with Crippen LogP contribution < -0.4 is 5.32 Å². The molecule has 0 aliphatic rings. The number of anilines is 1. The van der Waals surface area contributed by atoms with E-state index >= 15 is 0 Å². The number of aryl methyl sites for hydroxylation is 1. The zero-order valence-corrected chi connectivity index (χ0v) is 14.5. The summed E-state index contributed by atoms with van der Waals surface area (Å²) >= 11 is 9.47. The van der Waals surface area contributed by atoms with Gasteiger partial charge in [0.1, 0.15) is 10.8 Å². The summed E-state index contributed by atoms with van der Waals surface area (Å²) in [6.45, 7) is 1.88. The second-order valence-corrected chi connectivity index (χ2v) is 7.58. The molecule has 1 N–H and O–H groups in total. The topological polar surface area (TPSA) is 67.8 Å². The monoisotopic (exact) mass is 422 g/mol. The summed E-state index contributed by atoms with van der Waals surface area (Å²) in [5, 5.41) is 11.5. The van der Waals surface area contributed by atoms with Crippen molar-refractivity contribution in [3.05, 3.63) is 26.2 Å². The first-order valence-electron chi connectivity index (χ1n) is 5.08. The molecule has 2 aromatic heterocycles. The predicted molar refractivity (Wildman–Crippen MR) is 83.6 cm³/mol. The van der Waals surface area contributed by atoms with Gasteiger partial charge >= 0.3 is 0 Å². The van der Waals surface area contributed by atoms with Gasteiger partial charge in [0.2, 0.25) is 5.91 Å². The molecule has 0 unspecified atom stereocenters. The van der Waals surface area contributed by atoms with Crippen LogP contribution in [0.4, 0.5) is 5.82 Å². The number of pyridine rings is 1. The average molecular weight is 424 g/mol. The maximum atomic E-state index is 11.8. The summed E-state index contributed by atoms with van der Waals surface area (Å²) in [6.07, 6.45) is 1.63. The Kier molecular flexibility index (Phi) is 5.31. The van der Waals surface area contributed by atoms with E-state index in [4.69, 9.17) is 0 Å². The molecule has 2 heterocycles. The predicted octanol–water partition coefficient (Wildman–Crippen LogP) is 3.50. The highest BCUT2D eigenvalue weighted by Gasteiger charge is 2.09. The van der Waals surface area contributed by atoms with Crippen molar-refractivity contribution in [1.82, 2.24) is 15.2 Å².